The van der Waals surface area contributed by atoms with Gasteiger partial charge in [0.05, 0.1) is 12.2 Å². The molecule has 3 aliphatic rings. The van der Waals surface area contributed by atoms with Crippen LogP contribution in [0.4, 0.5) is 0 Å². The Balaban J connectivity index is 1.37. The van der Waals surface area contributed by atoms with Crippen molar-refractivity contribution in [2.24, 2.45) is 17.3 Å². The maximum atomic E-state index is 12.0. The molecule has 0 bridgehead atoms. The highest BCUT2D eigenvalue weighted by atomic mass is 28.4. The van der Waals surface area contributed by atoms with E-state index in [1.807, 2.05) is 0 Å². The minimum atomic E-state index is -2.95. The smallest absolute Gasteiger partial charge is 0.261 e. The predicted octanol–water partition coefficient (Wildman–Crippen LogP) is 11.1. The van der Waals surface area contributed by atoms with E-state index in [0.717, 1.165) is 62.4 Å². The van der Waals surface area contributed by atoms with Crippen LogP contribution < -0.4 is 20.7 Å². The molecule has 3 aliphatic carbocycles. The minimum Gasteiger partial charge on any atom is -0.404 e. The second-order valence-electron chi connectivity index (χ2n) is 19.8. The van der Waals surface area contributed by atoms with Gasteiger partial charge in [-0.3, -0.25) is 4.79 Å². The maximum Gasteiger partial charge on any atom is 0.261 e. The molecular formula is C54H66O3Si2. The van der Waals surface area contributed by atoms with Crippen LogP contribution in [0.3, 0.4) is 0 Å². The number of fused-ring (bicyclic) bond motifs is 1. The summed E-state index contributed by atoms with van der Waals surface area (Å²) in [6, 6.07) is 44.0. The zero-order valence-corrected chi connectivity index (χ0v) is 38.7. The number of hydrogen-bond donors (Lipinski definition) is 0. The monoisotopic (exact) mass is 818 g/mol. The van der Waals surface area contributed by atoms with Crippen LogP contribution in [0.15, 0.2) is 169 Å². The third kappa shape index (κ3) is 7.97. The van der Waals surface area contributed by atoms with Crippen molar-refractivity contribution >= 4 is 43.7 Å². The quantitative estimate of drug-likeness (QED) is 0.0859. The molecule has 0 aliphatic heterocycles. The number of benzene rings is 4. The normalized spacial score (nSPS) is 25.5. The lowest BCUT2D eigenvalue weighted by atomic mass is 9.62. The van der Waals surface area contributed by atoms with Crippen LogP contribution in [0.2, 0.25) is 10.1 Å². The van der Waals surface area contributed by atoms with Crippen molar-refractivity contribution in [1.29, 1.82) is 0 Å². The molecule has 0 saturated heterocycles. The molecule has 3 saturated carbocycles. The van der Waals surface area contributed by atoms with Crippen LogP contribution in [0, 0.1) is 17.3 Å². The third-order valence-electron chi connectivity index (χ3n) is 14.3. The molecule has 0 heterocycles. The minimum absolute atomic E-state index is 0.0635. The van der Waals surface area contributed by atoms with Gasteiger partial charge in [-0.15, -0.1) is 0 Å². The summed E-state index contributed by atoms with van der Waals surface area (Å²) < 4.78 is 16.0. The lowest BCUT2D eigenvalue weighted by Crippen LogP contribution is -2.69. The Morgan fingerprint density at radius 1 is 0.695 bits per heavy atom. The van der Waals surface area contributed by atoms with Crippen LogP contribution in [0.5, 0.6) is 0 Å². The van der Waals surface area contributed by atoms with Crippen molar-refractivity contribution in [2.45, 2.75) is 116 Å². The summed E-state index contributed by atoms with van der Waals surface area (Å²) in [5.41, 5.74) is 4.61. The van der Waals surface area contributed by atoms with Gasteiger partial charge in [-0.05, 0) is 103 Å². The average Bonchev–Trinajstić information content (AvgIpc) is 3.59. The zero-order valence-electron chi connectivity index (χ0n) is 36.7. The molecule has 0 N–H and O–H groups in total. The number of rotatable bonds is 11. The number of aldehydes is 1. The van der Waals surface area contributed by atoms with Crippen LogP contribution >= 0.6 is 0 Å². The summed E-state index contributed by atoms with van der Waals surface area (Å²) in [4.78, 5) is 12.0. The lowest BCUT2D eigenvalue weighted by Gasteiger charge is -2.49. The number of carbonyl (C=O) groups excluding carboxylic acids is 1. The predicted molar refractivity (Wildman–Crippen MR) is 253 cm³/mol. The van der Waals surface area contributed by atoms with Crippen LogP contribution in [0.1, 0.15) is 93.4 Å². The summed E-state index contributed by atoms with van der Waals surface area (Å²) in [5, 5.41) is 4.75. The fraction of sp³-hybridized carbons (Fsp3) is 0.389. The Labute approximate surface area is 357 Å². The molecule has 0 aromatic heterocycles. The van der Waals surface area contributed by atoms with E-state index in [9.17, 15) is 4.79 Å². The van der Waals surface area contributed by atoms with E-state index < -0.39 is 16.6 Å². The topological polar surface area (TPSA) is 35.5 Å². The van der Waals surface area contributed by atoms with E-state index >= 15 is 0 Å². The molecule has 308 valence electrons. The molecule has 3 nitrogen and oxygen atoms in total. The third-order valence-corrected chi connectivity index (χ3v) is 24.4. The maximum absolute atomic E-state index is 12.0. The molecule has 0 unspecified atom stereocenters. The highest BCUT2D eigenvalue weighted by Crippen LogP contribution is 2.59. The van der Waals surface area contributed by atoms with Gasteiger partial charge in [0.1, 0.15) is 6.29 Å². The van der Waals surface area contributed by atoms with E-state index in [2.05, 4.69) is 189 Å². The summed E-state index contributed by atoms with van der Waals surface area (Å²) in [6.07, 6.45) is 12.4. The molecule has 4 aromatic carbocycles. The van der Waals surface area contributed by atoms with Crippen molar-refractivity contribution in [1.82, 2.24) is 0 Å². The fourth-order valence-corrected chi connectivity index (χ4v) is 20.8. The first-order valence-corrected chi connectivity index (χ1v) is 25.8. The van der Waals surface area contributed by atoms with Crippen molar-refractivity contribution in [3.63, 3.8) is 0 Å². The Hall–Kier alpha value is -4.14. The van der Waals surface area contributed by atoms with Gasteiger partial charge in [-0.2, -0.15) is 0 Å². The van der Waals surface area contributed by atoms with E-state index in [0.29, 0.717) is 5.92 Å². The zero-order chi connectivity index (χ0) is 42.1. The molecule has 0 spiro atoms. The van der Waals surface area contributed by atoms with Gasteiger partial charge in [0.15, 0.2) is 0 Å². The number of allylic oxidation sites excluding steroid dienone is 4. The van der Waals surface area contributed by atoms with E-state index in [-0.39, 0.29) is 33.6 Å². The second kappa shape index (κ2) is 17.1. The molecule has 0 amide bonds. The Morgan fingerprint density at radius 2 is 1.15 bits per heavy atom. The number of carbonyl (C=O) groups is 1. The van der Waals surface area contributed by atoms with Gasteiger partial charge in [-0.1, -0.05) is 201 Å². The molecule has 0 radical (unpaired) electrons. The van der Waals surface area contributed by atoms with Gasteiger partial charge >= 0.3 is 0 Å². The van der Waals surface area contributed by atoms with Crippen LogP contribution in [0.25, 0.3) is 0 Å². The van der Waals surface area contributed by atoms with Gasteiger partial charge in [-0.25, -0.2) is 0 Å². The van der Waals surface area contributed by atoms with Gasteiger partial charge in [0, 0.05) is 6.42 Å². The van der Waals surface area contributed by atoms with Gasteiger partial charge < -0.3 is 8.85 Å². The van der Waals surface area contributed by atoms with Crippen molar-refractivity contribution < 1.29 is 13.6 Å². The summed E-state index contributed by atoms with van der Waals surface area (Å²) in [5.74, 6) is 0.694. The largest absolute Gasteiger partial charge is 0.404 e. The molecular weight excluding hydrogens is 753 g/mol. The summed E-state index contributed by atoms with van der Waals surface area (Å²) in [7, 11) is -5.85. The van der Waals surface area contributed by atoms with Crippen molar-refractivity contribution in [3.8, 4) is 0 Å². The molecule has 5 heteroatoms. The summed E-state index contributed by atoms with van der Waals surface area (Å²) in [6.45, 7) is 25.7. The Bertz CT molecular complexity index is 2080. The van der Waals surface area contributed by atoms with Gasteiger partial charge in [0.2, 0.25) is 0 Å². The van der Waals surface area contributed by atoms with Crippen LogP contribution in [-0.2, 0) is 13.6 Å². The fourth-order valence-electron chi connectivity index (χ4n) is 11.4. The standard InChI is InChI=1S/C54H66O3Si2/c1-40(39-55)49-34-35-50-42(23-22-36-54(49,50)9)32-33-43-37-44(56-58(52(3,4)5,45-24-14-10-15-25-45)46-26-16-11-17-27-46)38-51(41(43)2)57-59(53(6,7)8,47-28-18-12-19-29-47)48-30-20-13-21-31-48/h10-21,24-33,39,44,49-51H,1-2,22-23,34-38H2,3-9H3/b42-32+,43-33-/t44-,49-,50+,51+,54-/m1/s1. The first-order valence-electron chi connectivity index (χ1n) is 22.0. The summed E-state index contributed by atoms with van der Waals surface area (Å²) >= 11 is 0. The van der Waals surface area contributed by atoms with Crippen molar-refractivity contribution in [2.75, 3.05) is 0 Å². The average molecular weight is 819 g/mol. The Kier molecular flexibility index (Phi) is 12.4. The first kappa shape index (κ1) is 43.0. The highest BCUT2D eigenvalue weighted by molar-refractivity contribution is 7.00. The van der Waals surface area contributed by atoms with Gasteiger partial charge in [0.25, 0.3) is 16.6 Å². The molecule has 5 atom stereocenters. The highest BCUT2D eigenvalue weighted by Gasteiger charge is 2.55. The lowest BCUT2D eigenvalue weighted by molar-refractivity contribution is -0.105. The van der Waals surface area contributed by atoms with Crippen LogP contribution in [-0.4, -0.2) is 35.1 Å². The second-order valence-corrected chi connectivity index (χ2v) is 28.3. The first-order chi connectivity index (χ1) is 28.2. The molecule has 7 rings (SSSR count). The number of hydrogen-bond acceptors (Lipinski definition) is 3. The molecule has 3 fully saturated rings. The van der Waals surface area contributed by atoms with E-state index in [4.69, 9.17) is 15.4 Å². The molecule has 59 heavy (non-hydrogen) atoms. The van der Waals surface area contributed by atoms with E-state index in [1.165, 1.54) is 31.9 Å². The van der Waals surface area contributed by atoms with Crippen molar-refractivity contribution in [3.05, 3.63) is 169 Å². The SMILES string of the molecule is C=C1/C(=C\C=C2/CCC[C@]3(C)[C@@H](C(=C)C=O)CC[C@@H]23)C[C@@H](O[Si](c2ccccc2)(c2ccccc2)C(C)(C)C)C[C@@H]1O[Si](c1ccccc1)(c1ccccc1)C(C)(C)C. The Morgan fingerprint density at radius 3 is 1.59 bits per heavy atom. The van der Waals surface area contributed by atoms with E-state index in [1.54, 1.807) is 0 Å². The molecule has 4 aromatic rings.